The largest absolute Gasteiger partial charge is 0.390 e. The predicted octanol–water partition coefficient (Wildman–Crippen LogP) is 1.94. The SMILES string of the molecule is CCC(O)(CC)[C@@H](O)CC(C)C. The summed E-state index contributed by atoms with van der Waals surface area (Å²) in [6, 6.07) is 0. The van der Waals surface area contributed by atoms with E-state index in [0.717, 1.165) is 0 Å². The molecule has 0 spiro atoms. The van der Waals surface area contributed by atoms with Gasteiger partial charge in [0.15, 0.2) is 0 Å². The lowest BCUT2D eigenvalue weighted by Gasteiger charge is -2.31. The topological polar surface area (TPSA) is 40.5 Å². The lowest BCUT2D eigenvalue weighted by molar-refractivity contribution is -0.0870. The Bertz CT molecular complexity index is 117. The van der Waals surface area contributed by atoms with Gasteiger partial charge >= 0.3 is 0 Å². The molecule has 2 N–H and O–H groups in total. The highest BCUT2D eigenvalue weighted by atomic mass is 16.3. The fourth-order valence-corrected chi connectivity index (χ4v) is 1.39. The second kappa shape index (κ2) is 4.83. The van der Waals surface area contributed by atoms with Gasteiger partial charge < -0.3 is 10.2 Å². The first kappa shape index (κ1) is 11.9. The third-order valence-electron chi connectivity index (χ3n) is 2.54. The second-order valence-corrected chi connectivity index (χ2v) is 3.96. The van der Waals surface area contributed by atoms with Crippen LogP contribution in [0.1, 0.15) is 47.0 Å². The molecular weight excluding hydrogens is 152 g/mol. The Balaban J connectivity index is 4.11. The molecule has 0 radical (unpaired) electrons. The quantitative estimate of drug-likeness (QED) is 0.668. The molecule has 0 unspecified atom stereocenters. The van der Waals surface area contributed by atoms with Crippen LogP contribution in [0.2, 0.25) is 0 Å². The van der Waals surface area contributed by atoms with Crippen molar-refractivity contribution in [2.24, 2.45) is 5.92 Å². The molecule has 2 heteroatoms. The van der Waals surface area contributed by atoms with E-state index in [9.17, 15) is 10.2 Å². The molecule has 2 nitrogen and oxygen atoms in total. The normalized spacial score (nSPS) is 15.2. The van der Waals surface area contributed by atoms with E-state index in [1.54, 1.807) is 0 Å². The predicted molar refractivity (Wildman–Crippen MR) is 51.0 cm³/mol. The zero-order chi connectivity index (χ0) is 9.78. The van der Waals surface area contributed by atoms with Gasteiger partial charge in [-0.05, 0) is 25.2 Å². The van der Waals surface area contributed by atoms with Crippen molar-refractivity contribution >= 4 is 0 Å². The van der Waals surface area contributed by atoms with Crippen LogP contribution in [-0.4, -0.2) is 21.9 Å². The fraction of sp³-hybridized carbons (Fsp3) is 1.00. The van der Waals surface area contributed by atoms with Gasteiger partial charge in [0.05, 0.1) is 11.7 Å². The average Bonchev–Trinajstić information content (AvgIpc) is 2.02. The summed E-state index contributed by atoms with van der Waals surface area (Å²) in [6.45, 7) is 7.92. The molecule has 12 heavy (non-hydrogen) atoms. The second-order valence-electron chi connectivity index (χ2n) is 3.96. The van der Waals surface area contributed by atoms with Crippen molar-refractivity contribution in [1.82, 2.24) is 0 Å². The Morgan fingerprint density at radius 2 is 1.58 bits per heavy atom. The van der Waals surface area contributed by atoms with Gasteiger partial charge in [-0.1, -0.05) is 27.7 Å². The van der Waals surface area contributed by atoms with Gasteiger partial charge in [-0.2, -0.15) is 0 Å². The van der Waals surface area contributed by atoms with Gasteiger partial charge in [0.25, 0.3) is 0 Å². The van der Waals surface area contributed by atoms with E-state index in [0.29, 0.717) is 25.2 Å². The molecule has 0 rings (SSSR count). The zero-order valence-electron chi connectivity index (χ0n) is 8.67. The van der Waals surface area contributed by atoms with Crippen LogP contribution in [0.25, 0.3) is 0 Å². The lowest BCUT2D eigenvalue weighted by atomic mass is 9.86. The highest BCUT2D eigenvalue weighted by Gasteiger charge is 2.31. The Kier molecular flexibility index (Phi) is 4.80. The lowest BCUT2D eigenvalue weighted by Crippen LogP contribution is -2.41. The zero-order valence-corrected chi connectivity index (χ0v) is 8.67. The smallest absolute Gasteiger partial charge is 0.0900 e. The number of aliphatic hydroxyl groups excluding tert-OH is 1. The first-order chi connectivity index (χ1) is 5.46. The van der Waals surface area contributed by atoms with Crippen LogP contribution < -0.4 is 0 Å². The molecule has 0 amide bonds. The van der Waals surface area contributed by atoms with Crippen LogP contribution in [0, 0.1) is 5.92 Å². The molecule has 0 aromatic heterocycles. The molecule has 74 valence electrons. The summed E-state index contributed by atoms with van der Waals surface area (Å²) >= 11 is 0. The van der Waals surface area contributed by atoms with Gasteiger partial charge in [0.1, 0.15) is 0 Å². The summed E-state index contributed by atoms with van der Waals surface area (Å²) in [4.78, 5) is 0. The third-order valence-corrected chi connectivity index (χ3v) is 2.54. The molecule has 0 aliphatic carbocycles. The third kappa shape index (κ3) is 3.11. The molecule has 0 fully saturated rings. The molecule has 1 atom stereocenters. The summed E-state index contributed by atoms with van der Waals surface area (Å²) in [6.07, 6.45) is 1.35. The van der Waals surface area contributed by atoms with Crippen LogP contribution in [0.15, 0.2) is 0 Å². The van der Waals surface area contributed by atoms with E-state index in [1.807, 2.05) is 13.8 Å². The molecule has 0 heterocycles. The highest BCUT2D eigenvalue weighted by molar-refractivity contribution is 4.84. The Labute approximate surface area is 75.6 Å². The van der Waals surface area contributed by atoms with Gasteiger partial charge in [-0.25, -0.2) is 0 Å². The Morgan fingerprint density at radius 3 is 1.83 bits per heavy atom. The highest BCUT2D eigenvalue weighted by Crippen LogP contribution is 2.24. The molecule has 0 aromatic rings. The summed E-state index contributed by atoms with van der Waals surface area (Å²) in [5.41, 5.74) is -0.871. The van der Waals surface area contributed by atoms with E-state index in [-0.39, 0.29) is 0 Å². The van der Waals surface area contributed by atoms with Crippen molar-refractivity contribution in [1.29, 1.82) is 0 Å². The molecular formula is C10H22O2. The van der Waals surface area contributed by atoms with Gasteiger partial charge in [-0.15, -0.1) is 0 Å². The van der Waals surface area contributed by atoms with Crippen LogP contribution in [0.3, 0.4) is 0 Å². The number of aliphatic hydroxyl groups is 2. The van der Waals surface area contributed by atoms with E-state index in [4.69, 9.17) is 0 Å². The number of hydrogen-bond acceptors (Lipinski definition) is 2. The fourth-order valence-electron chi connectivity index (χ4n) is 1.39. The van der Waals surface area contributed by atoms with E-state index >= 15 is 0 Å². The van der Waals surface area contributed by atoms with E-state index in [2.05, 4.69) is 13.8 Å². The van der Waals surface area contributed by atoms with Crippen LogP contribution in [0.4, 0.5) is 0 Å². The summed E-state index contributed by atoms with van der Waals surface area (Å²) in [5.74, 6) is 0.435. The summed E-state index contributed by atoms with van der Waals surface area (Å²) < 4.78 is 0. The molecule has 0 aliphatic heterocycles. The maximum atomic E-state index is 9.90. The van der Waals surface area contributed by atoms with Crippen LogP contribution in [0.5, 0.6) is 0 Å². The Morgan fingerprint density at radius 1 is 1.17 bits per heavy atom. The minimum absolute atomic E-state index is 0.435. The van der Waals surface area contributed by atoms with Crippen LogP contribution >= 0.6 is 0 Å². The molecule has 0 aromatic carbocycles. The first-order valence-corrected chi connectivity index (χ1v) is 4.86. The molecule has 0 saturated heterocycles. The van der Waals surface area contributed by atoms with E-state index in [1.165, 1.54) is 0 Å². The van der Waals surface area contributed by atoms with Crippen molar-refractivity contribution in [3.05, 3.63) is 0 Å². The molecule has 0 saturated carbocycles. The summed E-state index contributed by atoms with van der Waals surface area (Å²) in [5, 5.41) is 19.6. The average molecular weight is 174 g/mol. The van der Waals surface area contributed by atoms with Crippen molar-refractivity contribution in [3.8, 4) is 0 Å². The number of hydrogen-bond donors (Lipinski definition) is 2. The molecule has 0 aliphatic rings. The summed E-state index contributed by atoms with van der Waals surface area (Å²) in [7, 11) is 0. The minimum Gasteiger partial charge on any atom is -0.390 e. The maximum absolute atomic E-state index is 9.90. The van der Waals surface area contributed by atoms with Gasteiger partial charge in [0, 0.05) is 0 Å². The van der Waals surface area contributed by atoms with Crippen molar-refractivity contribution in [2.45, 2.75) is 58.7 Å². The van der Waals surface area contributed by atoms with E-state index < -0.39 is 11.7 Å². The Hall–Kier alpha value is -0.0800. The maximum Gasteiger partial charge on any atom is 0.0900 e. The van der Waals surface area contributed by atoms with Crippen LogP contribution in [-0.2, 0) is 0 Å². The van der Waals surface area contributed by atoms with Gasteiger partial charge in [0.2, 0.25) is 0 Å². The van der Waals surface area contributed by atoms with Crippen molar-refractivity contribution < 1.29 is 10.2 Å². The standard InChI is InChI=1S/C10H22O2/c1-5-10(12,6-2)9(11)7-8(3)4/h8-9,11-12H,5-7H2,1-4H3/t9-/m0/s1. The molecule has 0 bridgehead atoms. The van der Waals surface area contributed by atoms with Crippen molar-refractivity contribution in [2.75, 3.05) is 0 Å². The monoisotopic (exact) mass is 174 g/mol. The number of rotatable bonds is 5. The minimum atomic E-state index is -0.871. The first-order valence-electron chi connectivity index (χ1n) is 4.86. The van der Waals surface area contributed by atoms with Gasteiger partial charge in [-0.3, -0.25) is 0 Å². The van der Waals surface area contributed by atoms with Crippen molar-refractivity contribution in [3.63, 3.8) is 0 Å².